The number of nitrogens with one attached hydrogen (secondary N) is 1. The number of para-hydroxylation sites is 1. The molecule has 1 unspecified atom stereocenters. The first kappa shape index (κ1) is 16.0. The van der Waals surface area contributed by atoms with Crippen molar-refractivity contribution >= 4 is 11.9 Å². The van der Waals surface area contributed by atoms with E-state index in [9.17, 15) is 9.59 Å². The lowest BCUT2D eigenvalue weighted by atomic mass is 10.0. The van der Waals surface area contributed by atoms with Crippen molar-refractivity contribution in [2.24, 2.45) is 0 Å². The van der Waals surface area contributed by atoms with Gasteiger partial charge in [-0.25, -0.2) is 4.79 Å². The van der Waals surface area contributed by atoms with E-state index >= 15 is 0 Å². The third-order valence-corrected chi connectivity index (χ3v) is 2.94. The van der Waals surface area contributed by atoms with Crippen molar-refractivity contribution in [3.8, 4) is 5.75 Å². The second-order valence-electron chi connectivity index (χ2n) is 4.85. The number of amides is 1. The summed E-state index contributed by atoms with van der Waals surface area (Å²) < 4.78 is 5.48. The Labute approximate surface area is 118 Å². The Morgan fingerprint density at radius 1 is 1.30 bits per heavy atom. The second kappa shape index (κ2) is 7.53. The SMILES string of the molecule is CCC(NC(=O)COc1ccccc1C(C)C)C(=O)O. The molecule has 2 N–H and O–H groups in total. The lowest BCUT2D eigenvalue weighted by molar-refractivity contribution is -0.142. The molecule has 0 aliphatic heterocycles. The molecule has 1 amide bonds. The molecule has 0 saturated heterocycles. The van der Waals surface area contributed by atoms with Gasteiger partial charge in [-0.3, -0.25) is 4.79 Å². The van der Waals surface area contributed by atoms with Crippen molar-refractivity contribution in [2.75, 3.05) is 6.61 Å². The van der Waals surface area contributed by atoms with Crippen molar-refractivity contribution in [1.82, 2.24) is 5.32 Å². The number of carboxylic acids is 1. The molecule has 5 heteroatoms. The number of carbonyl (C=O) groups is 2. The van der Waals surface area contributed by atoms with Gasteiger partial charge in [0, 0.05) is 0 Å². The summed E-state index contributed by atoms with van der Waals surface area (Å²) in [5, 5.41) is 11.3. The van der Waals surface area contributed by atoms with E-state index in [-0.39, 0.29) is 12.5 Å². The van der Waals surface area contributed by atoms with E-state index in [0.29, 0.717) is 12.2 Å². The van der Waals surface area contributed by atoms with E-state index < -0.39 is 17.9 Å². The minimum absolute atomic E-state index is 0.187. The van der Waals surface area contributed by atoms with Crippen molar-refractivity contribution in [3.05, 3.63) is 29.8 Å². The molecule has 0 aliphatic rings. The molecule has 1 aromatic carbocycles. The summed E-state index contributed by atoms with van der Waals surface area (Å²) in [6, 6.07) is 6.64. The summed E-state index contributed by atoms with van der Waals surface area (Å²) in [6.07, 6.45) is 0.337. The highest BCUT2D eigenvalue weighted by molar-refractivity contribution is 5.84. The standard InChI is InChI=1S/C15H21NO4/c1-4-12(15(18)19)16-14(17)9-20-13-8-6-5-7-11(13)10(2)3/h5-8,10,12H,4,9H2,1-3H3,(H,16,17)(H,18,19). The van der Waals surface area contributed by atoms with Gasteiger partial charge in [0.1, 0.15) is 11.8 Å². The topological polar surface area (TPSA) is 75.6 Å². The van der Waals surface area contributed by atoms with Crippen LogP contribution >= 0.6 is 0 Å². The van der Waals surface area contributed by atoms with Crippen LogP contribution in [-0.2, 0) is 9.59 Å². The summed E-state index contributed by atoms with van der Waals surface area (Å²) in [7, 11) is 0. The van der Waals surface area contributed by atoms with Gasteiger partial charge < -0.3 is 15.2 Å². The fraction of sp³-hybridized carbons (Fsp3) is 0.467. The highest BCUT2D eigenvalue weighted by Crippen LogP contribution is 2.25. The van der Waals surface area contributed by atoms with Gasteiger partial charge in [-0.1, -0.05) is 39.0 Å². The maximum absolute atomic E-state index is 11.7. The van der Waals surface area contributed by atoms with E-state index in [2.05, 4.69) is 5.32 Å². The average Bonchev–Trinajstić information content (AvgIpc) is 2.42. The van der Waals surface area contributed by atoms with Crippen LogP contribution in [0.15, 0.2) is 24.3 Å². The van der Waals surface area contributed by atoms with E-state index in [0.717, 1.165) is 5.56 Å². The minimum Gasteiger partial charge on any atom is -0.483 e. The number of rotatable bonds is 7. The summed E-state index contributed by atoms with van der Waals surface area (Å²) in [5.74, 6) is -0.529. The van der Waals surface area contributed by atoms with Gasteiger partial charge in [0.2, 0.25) is 0 Å². The Morgan fingerprint density at radius 2 is 1.95 bits per heavy atom. The molecule has 0 spiro atoms. The zero-order chi connectivity index (χ0) is 15.1. The van der Waals surface area contributed by atoms with Crippen molar-refractivity contribution in [2.45, 2.75) is 39.2 Å². The summed E-state index contributed by atoms with van der Waals surface area (Å²) in [5.41, 5.74) is 1.02. The van der Waals surface area contributed by atoms with Crippen LogP contribution in [0.1, 0.15) is 38.7 Å². The molecule has 1 aromatic rings. The maximum Gasteiger partial charge on any atom is 0.326 e. The van der Waals surface area contributed by atoms with E-state index in [1.54, 1.807) is 13.0 Å². The number of carboxylic acid groups (broad SMARTS) is 1. The van der Waals surface area contributed by atoms with E-state index in [4.69, 9.17) is 9.84 Å². The molecular formula is C15H21NO4. The number of hydrogen-bond acceptors (Lipinski definition) is 3. The van der Waals surface area contributed by atoms with E-state index in [1.807, 2.05) is 32.0 Å². The number of aliphatic carboxylic acids is 1. The second-order valence-corrected chi connectivity index (χ2v) is 4.85. The summed E-state index contributed by atoms with van der Waals surface area (Å²) in [6.45, 7) is 5.60. The molecule has 0 heterocycles. The van der Waals surface area contributed by atoms with Gasteiger partial charge in [0.15, 0.2) is 6.61 Å². The van der Waals surface area contributed by atoms with Crippen LogP contribution in [0.5, 0.6) is 5.75 Å². The van der Waals surface area contributed by atoms with Crippen LogP contribution in [-0.4, -0.2) is 29.6 Å². The fourth-order valence-corrected chi connectivity index (χ4v) is 1.81. The first-order valence-corrected chi connectivity index (χ1v) is 6.69. The minimum atomic E-state index is -1.04. The third kappa shape index (κ3) is 4.57. The van der Waals surface area contributed by atoms with Gasteiger partial charge in [0.25, 0.3) is 5.91 Å². The smallest absolute Gasteiger partial charge is 0.326 e. The first-order chi connectivity index (χ1) is 9.45. The monoisotopic (exact) mass is 279 g/mol. The van der Waals surface area contributed by atoms with Crippen LogP contribution in [0.25, 0.3) is 0 Å². The van der Waals surface area contributed by atoms with Crippen LogP contribution in [0.4, 0.5) is 0 Å². The molecule has 0 radical (unpaired) electrons. The Hall–Kier alpha value is -2.04. The Balaban J connectivity index is 2.59. The predicted molar refractivity (Wildman–Crippen MR) is 75.9 cm³/mol. The number of ether oxygens (including phenoxy) is 1. The predicted octanol–water partition coefficient (Wildman–Crippen LogP) is 2.17. The molecule has 5 nitrogen and oxygen atoms in total. The third-order valence-electron chi connectivity index (χ3n) is 2.94. The lowest BCUT2D eigenvalue weighted by Crippen LogP contribution is -2.42. The highest BCUT2D eigenvalue weighted by Gasteiger charge is 2.18. The molecular weight excluding hydrogens is 258 g/mol. The zero-order valence-corrected chi connectivity index (χ0v) is 12.1. The molecule has 1 atom stereocenters. The molecule has 110 valence electrons. The Bertz CT molecular complexity index is 471. The van der Waals surface area contributed by atoms with Gasteiger partial charge in [0.05, 0.1) is 0 Å². The lowest BCUT2D eigenvalue weighted by Gasteiger charge is -2.15. The van der Waals surface area contributed by atoms with Gasteiger partial charge in [-0.15, -0.1) is 0 Å². The van der Waals surface area contributed by atoms with Crippen molar-refractivity contribution in [1.29, 1.82) is 0 Å². The number of benzene rings is 1. The molecule has 0 bridgehead atoms. The molecule has 0 saturated carbocycles. The quantitative estimate of drug-likeness (QED) is 0.802. The van der Waals surface area contributed by atoms with Crippen LogP contribution in [0.3, 0.4) is 0 Å². The largest absolute Gasteiger partial charge is 0.483 e. The highest BCUT2D eigenvalue weighted by atomic mass is 16.5. The fourth-order valence-electron chi connectivity index (χ4n) is 1.81. The molecule has 1 rings (SSSR count). The zero-order valence-electron chi connectivity index (χ0n) is 12.1. The Kier molecular flexibility index (Phi) is 6.03. The summed E-state index contributed by atoms with van der Waals surface area (Å²) >= 11 is 0. The van der Waals surface area contributed by atoms with Crippen LogP contribution in [0, 0.1) is 0 Å². The molecule has 20 heavy (non-hydrogen) atoms. The maximum atomic E-state index is 11.7. The Morgan fingerprint density at radius 3 is 2.50 bits per heavy atom. The van der Waals surface area contributed by atoms with Gasteiger partial charge >= 0.3 is 5.97 Å². The number of carbonyl (C=O) groups excluding carboxylic acids is 1. The molecule has 0 aliphatic carbocycles. The molecule has 0 aromatic heterocycles. The van der Waals surface area contributed by atoms with Crippen LogP contribution in [0.2, 0.25) is 0 Å². The normalized spacial score (nSPS) is 12.0. The average molecular weight is 279 g/mol. The van der Waals surface area contributed by atoms with Crippen molar-refractivity contribution in [3.63, 3.8) is 0 Å². The first-order valence-electron chi connectivity index (χ1n) is 6.69. The van der Waals surface area contributed by atoms with E-state index in [1.165, 1.54) is 0 Å². The summed E-state index contributed by atoms with van der Waals surface area (Å²) in [4.78, 5) is 22.5. The van der Waals surface area contributed by atoms with Gasteiger partial charge in [-0.05, 0) is 24.0 Å². The number of hydrogen-bond donors (Lipinski definition) is 2. The van der Waals surface area contributed by atoms with Gasteiger partial charge in [-0.2, -0.15) is 0 Å². The molecule has 0 fully saturated rings. The van der Waals surface area contributed by atoms with Crippen molar-refractivity contribution < 1.29 is 19.4 Å². The van der Waals surface area contributed by atoms with Crippen LogP contribution < -0.4 is 10.1 Å².